The zero-order chi connectivity index (χ0) is 23.2. The average Bonchev–Trinajstić information content (AvgIpc) is 3.55. The highest BCUT2D eigenvalue weighted by Gasteiger charge is 2.16. The number of amides is 1. The summed E-state index contributed by atoms with van der Waals surface area (Å²) in [5.74, 6) is 0.977. The molecule has 0 radical (unpaired) electrons. The Morgan fingerprint density at radius 3 is 2.82 bits per heavy atom. The minimum Gasteiger partial charge on any atom is -0.382 e. The van der Waals surface area contributed by atoms with Crippen LogP contribution in [0.15, 0.2) is 47.8 Å². The lowest BCUT2D eigenvalue weighted by molar-refractivity contribution is -0.121. The first-order valence-corrected chi connectivity index (χ1v) is 11.7. The average molecular weight is 479 g/mol. The lowest BCUT2D eigenvalue weighted by Crippen LogP contribution is -2.26. The molecule has 0 aliphatic carbocycles. The van der Waals surface area contributed by atoms with E-state index in [1.54, 1.807) is 16.0 Å². The summed E-state index contributed by atoms with van der Waals surface area (Å²) < 4.78 is 3.90. The predicted octanol–water partition coefficient (Wildman–Crippen LogP) is 3.45. The van der Waals surface area contributed by atoms with Crippen LogP contribution in [-0.4, -0.2) is 37.0 Å². The Bertz CT molecular complexity index is 1330. The van der Waals surface area contributed by atoms with Crippen molar-refractivity contribution in [3.05, 3.63) is 63.9 Å². The molecule has 9 nitrogen and oxygen atoms in total. The molecule has 0 bridgehead atoms. The molecule has 4 N–H and O–H groups in total. The number of rotatable bonds is 9. The second-order valence-electron chi connectivity index (χ2n) is 7.25. The van der Waals surface area contributed by atoms with Crippen LogP contribution in [0.2, 0.25) is 0 Å². The number of nitrogens with zero attached hydrogens (tertiary/aromatic N) is 5. The topological polar surface area (TPSA) is 130 Å². The molecule has 0 unspecified atom stereocenters. The van der Waals surface area contributed by atoms with Crippen molar-refractivity contribution in [3.8, 4) is 22.5 Å². The van der Waals surface area contributed by atoms with Crippen molar-refractivity contribution < 1.29 is 4.79 Å². The summed E-state index contributed by atoms with van der Waals surface area (Å²) in [7, 11) is 0. The minimum atomic E-state index is -0.0786. The molecule has 4 aromatic rings. The smallest absolute Gasteiger partial charge is 0.221 e. The normalized spacial score (nSPS) is 10.8. The molecule has 0 aliphatic heterocycles. The number of H-pyrrole nitrogens is 1. The van der Waals surface area contributed by atoms with Crippen molar-refractivity contribution in [2.24, 2.45) is 0 Å². The number of anilines is 1. The van der Waals surface area contributed by atoms with Crippen molar-refractivity contribution in [2.45, 2.75) is 25.8 Å². The van der Waals surface area contributed by atoms with Gasteiger partial charge in [0.05, 0.1) is 16.3 Å². The van der Waals surface area contributed by atoms with Gasteiger partial charge in [0.15, 0.2) is 10.6 Å². The largest absolute Gasteiger partial charge is 0.382 e. The molecule has 0 fully saturated rings. The molecular formula is C22H22N8OS2. The van der Waals surface area contributed by atoms with E-state index in [2.05, 4.69) is 26.7 Å². The van der Waals surface area contributed by atoms with Gasteiger partial charge < -0.3 is 11.1 Å². The Labute approximate surface area is 199 Å². The first-order valence-electron chi connectivity index (χ1n) is 10.4. The Kier molecular flexibility index (Phi) is 6.97. The summed E-state index contributed by atoms with van der Waals surface area (Å²) in [4.78, 5) is 13.3. The molecule has 0 aliphatic rings. The van der Waals surface area contributed by atoms with E-state index in [0.29, 0.717) is 47.8 Å². The summed E-state index contributed by atoms with van der Waals surface area (Å²) in [6.07, 6.45) is 1.45. The number of hydrogen-bond donors (Lipinski definition) is 3. The van der Waals surface area contributed by atoms with E-state index in [1.807, 2.05) is 52.4 Å². The minimum absolute atomic E-state index is 0.0786. The maximum absolute atomic E-state index is 12.3. The molecule has 3 heterocycles. The van der Waals surface area contributed by atoms with E-state index in [-0.39, 0.29) is 12.3 Å². The Morgan fingerprint density at radius 2 is 2.09 bits per heavy atom. The fourth-order valence-electron chi connectivity index (χ4n) is 3.45. The third-order valence-electron chi connectivity index (χ3n) is 5.08. The van der Waals surface area contributed by atoms with Crippen molar-refractivity contribution in [1.29, 1.82) is 5.26 Å². The van der Waals surface area contributed by atoms with Gasteiger partial charge in [-0.2, -0.15) is 15.5 Å². The second kappa shape index (κ2) is 10.2. The maximum Gasteiger partial charge on any atom is 0.221 e. The fraction of sp³-hybridized carbons (Fsp3) is 0.227. The van der Waals surface area contributed by atoms with E-state index in [9.17, 15) is 10.1 Å². The SMILES string of the molecule is N#Cc1c(CCCNC(=O)CCn2c(-c3cccs3)n[nH]c2=S)nn(-c2ccccc2)c1N. The van der Waals surface area contributed by atoms with Gasteiger partial charge in [-0.3, -0.25) is 14.5 Å². The van der Waals surface area contributed by atoms with Crippen LogP contribution in [0.25, 0.3) is 16.4 Å². The molecule has 33 heavy (non-hydrogen) atoms. The number of hydrogen-bond acceptors (Lipinski definition) is 7. The number of para-hydroxylation sites is 1. The molecule has 0 atom stereocenters. The molecule has 1 aromatic carbocycles. The summed E-state index contributed by atoms with van der Waals surface area (Å²) in [5, 5.41) is 26.0. The van der Waals surface area contributed by atoms with Gasteiger partial charge in [0, 0.05) is 19.5 Å². The molecule has 0 saturated carbocycles. The number of nitrogen functional groups attached to an aromatic ring is 1. The maximum atomic E-state index is 12.3. The fourth-order valence-corrected chi connectivity index (χ4v) is 4.39. The molecule has 168 valence electrons. The van der Waals surface area contributed by atoms with E-state index >= 15 is 0 Å². The van der Waals surface area contributed by atoms with E-state index < -0.39 is 0 Å². The van der Waals surface area contributed by atoms with Crippen molar-refractivity contribution >= 4 is 35.3 Å². The second-order valence-corrected chi connectivity index (χ2v) is 8.59. The summed E-state index contributed by atoms with van der Waals surface area (Å²) >= 11 is 6.87. The Balaban J connectivity index is 1.30. The van der Waals surface area contributed by atoms with Gasteiger partial charge in [0.25, 0.3) is 0 Å². The number of nitrogens with one attached hydrogen (secondary N) is 2. The summed E-state index contributed by atoms with van der Waals surface area (Å²) in [5.41, 5.74) is 7.93. The standard InChI is InChI=1S/C22H22N8OS2/c23-14-16-17(28-30(20(16)24)15-6-2-1-3-7-15)8-4-11-25-19(31)10-12-29-21(26-27-22(29)32)18-9-5-13-33-18/h1-3,5-7,9,13H,4,8,10-12,24H2,(H,25,31)(H,27,32). The van der Waals surface area contributed by atoms with Crippen LogP contribution < -0.4 is 11.1 Å². The van der Waals surface area contributed by atoms with Crippen molar-refractivity contribution in [2.75, 3.05) is 12.3 Å². The molecule has 1 amide bonds. The van der Waals surface area contributed by atoms with E-state index in [1.165, 1.54) is 0 Å². The molecule has 3 aromatic heterocycles. The first kappa shape index (κ1) is 22.4. The van der Waals surface area contributed by atoms with Crippen LogP contribution in [0, 0.1) is 16.1 Å². The molecule has 4 rings (SSSR count). The van der Waals surface area contributed by atoms with Crippen LogP contribution in [-0.2, 0) is 17.8 Å². The highest BCUT2D eigenvalue weighted by molar-refractivity contribution is 7.71. The number of nitriles is 1. The molecular weight excluding hydrogens is 456 g/mol. The van der Waals surface area contributed by atoms with Gasteiger partial charge in [0.2, 0.25) is 5.91 Å². The van der Waals surface area contributed by atoms with Crippen molar-refractivity contribution in [3.63, 3.8) is 0 Å². The number of nitrogens with two attached hydrogens (primary N) is 1. The molecule has 0 spiro atoms. The Morgan fingerprint density at radius 1 is 1.27 bits per heavy atom. The van der Waals surface area contributed by atoms with Crippen LogP contribution >= 0.6 is 23.6 Å². The highest BCUT2D eigenvalue weighted by atomic mass is 32.1. The van der Waals surface area contributed by atoms with Gasteiger partial charge >= 0.3 is 0 Å². The molecule has 11 heteroatoms. The van der Waals surface area contributed by atoms with Crippen LogP contribution in [0.4, 0.5) is 5.82 Å². The lowest BCUT2D eigenvalue weighted by Gasteiger charge is -2.07. The first-order chi connectivity index (χ1) is 16.1. The van der Waals surface area contributed by atoms with Crippen LogP contribution in [0.3, 0.4) is 0 Å². The summed E-state index contributed by atoms with van der Waals surface area (Å²) in [6, 6.07) is 15.5. The van der Waals surface area contributed by atoms with Crippen molar-refractivity contribution in [1.82, 2.24) is 29.9 Å². The van der Waals surface area contributed by atoms with Gasteiger partial charge in [-0.05, 0) is 48.6 Å². The number of thiophene rings is 1. The molecule has 0 saturated heterocycles. The van der Waals surface area contributed by atoms with Gasteiger partial charge in [-0.15, -0.1) is 11.3 Å². The zero-order valence-corrected chi connectivity index (χ0v) is 19.3. The quantitative estimate of drug-likeness (QED) is 0.249. The van der Waals surface area contributed by atoms with Crippen LogP contribution in [0.1, 0.15) is 24.1 Å². The van der Waals surface area contributed by atoms with E-state index in [4.69, 9.17) is 18.0 Å². The monoisotopic (exact) mass is 478 g/mol. The number of benzene rings is 1. The Hall–Kier alpha value is -3.75. The number of aromatic amines is 1. The summed E-state index contributed by atoms with van der Waals surface area (Å²) in [6.45, 7) is 0.904. The number of carbonyl (C=O) groups excluding carboxylic acids is 1. The zero-order valence-electron chi connectivity index (χ0n) is 17.7. The van der Waals surface area contributed by atoms with Gasteiger partial charge in [0.1, 0.15) is 17.5 Å². The van der Waals surface area contributed by atoms with Gasteiger partial charge in [-0.1, -0.05) is 24.3 Å². The van der Waals surface area contributed by atoms with Crippen LogP contribution in [0.5, 0.6) is 0 Å². The third kappa shape index (κ3) is 5.02. The van der Waals surface area contributed by atoms with E-state index in [0.717, 1.165) is 16.4 Å². The predicted molar refractivity (Wildman–Crippen MR) is 129 cm³/mol. The highest BCUT2D eigenvalue weighted by Crippen LogP contribution is 2.23. The number of aryl methyl sites for hydroxylation is 1. The number of aromatic nitrogens is 5. The van der Waals surface area contributed by atoms with Gasteiger partial charge in [-0.25, -0.2) is 4.68 Å². The third-order valence-corrected chi connectivity index (χ3v) is 6.26. The lowest BCUT2D eigenvalue weighted by atomic mass is 10.1. The number of carbonyl (C=O) groups is 1.